The average Bonchev–Trinajstić information content (AvgIpc) is 3.52. The van der Waals surface area contributed by atoms with Gasteiger partial charge in [0.1, 0.15) is 22.7 Å². The number of allylic oxidation sites excluding steroid dienone is 1. The van der Waals surface area contributed by atoms with Crippen molar-refractivity contribution in [3.8, 4) is 0 Å². The first-order valence-electron chi connectivity index (χ1n) is 12.5. The molecule has 0 bridgehead atoms. The number of carboxylic acid groups (broad SMARTS) is 1. The fourth-order valence-electron chi connectivity index (χ4n) is 4.71. The summed E-state index contributed by atoms with van der Waals surface area (Å²) in [4.78, 5) is 55.8. The van der Waals surface area contributed by atoms with E-state index in [1.165, 1.54) is 11.8 Å². The molecule has 14 heteroatoms. The number of rotatable bonds is 8. The van der Waals surface area contributed by atoms with Crippen LogP contribution in [0.15, 0.2) is 22.7 Å². The number of carbonyl (C=O) groups is 4. The third kappa shape index (κ3) is 7.44. The Balaban J connectivity index is 0.00000420. The number of anilines is 1. The average molecular weight is 589 g/mol. The van der Waals surface area contributed by atoms with Crippen molar-refractivity contribution in [2.75, 3.05) is 17.7 Å². The third-order valence-electron chi connectivity index (χ3n) is 6.49. The van der Waals surface area contributed by atoms with Crippen LogP contribution in [0.2, 0.25) is 0 Å². The molecule has 1 saturated heterocycles. The number of hydrogen-bond acceptors (Lipinski definition) is 9. The van der Waals surface area contributed by atoms with Crippen molar-refractivity contribution < 1.29 is 34.1 Å². The van der Waals surface area contributed by atoms with E-state index in [1.54, 1.807) is 26.2 Å². The summed E-state index contributed by atoms with van der Waals surface area (Å²) in [6, 6.07) is -0.907. The van der Waals surface area contributed by atoms with Crippen LogP contribution in [0.4, 0.5) is 9.93 Å². The summed E-state index contributed by atoms with van der Waals surface area (Å²) in [7, 11) is 0. The maximum atomic E-state index is 13.5. The summed E-state index contributed by atoms with van der Waals surface area (Å²) in [6.45, 7) is 4.80. The Labute approximate surface area is 257 Å². The molecule has 0 spiro atoms. The van der Waals surface area contributed by atoms with Gasteiger partial charge in [0.25, 0.3) is 11.8 Å². The van der Waals surface area contributed by atoms with Crippen LogP contribution in [0, 0.1) is 5.92 Å². The Hall–Kier alpha value is -1.90. The van der Waals surface area contributed by atoms with Crippen molar-refractivity contribution in [2.24, 2.45) is 5.92 Å². The molecule has 4 N–H and O–H groups in total. The molecule has 1 aliphatic carbocycles. The Morgan fingerprint density at radius 2 is 1.95 bits per heavy atom. The molecule has 2 atom stereocenters. The van der Waals surface area contributed by atoms with Crippen LogP contribution in [0.25, 0.3) is 5.57 Å². The zero-order valence-corrected chi connectivity index (χ0v) is 23.1. The van der Waals surface area contributed by atoms with Crippen LogP contribution < -0.4 is 10.6 Å². The van der Waals surface area contributed by atoms with Crippen molar-refractivity contribution in [3.05, 3.63) is 28.4 Å². The number of aliphatic carboxylic acids is 1. The van der Waals surface area contributed by atoms with Crippen molar-refractivity contribution in [3.63, 3.8) is 0 Å². The number of aliphatic hydroxyl groups excluding tert-OH is 1. The summed E-state index contributed by atoms with van der Waals surface area (Å²) < 4.78 is 5.27. The van der Waals surface area contributed by atoms with Gasteiger partial charge in [0.2, 0.25) is 0 Å². The van der Waals surface area contributed by atoms with Gasteiger partial charge in [-0.3, -0.25) is 19.8 Å². The second kappa shape index (κ2) is 13.2. The van der Waals surface area contributed by atoms with Crippen LogP contribution in [0.3, 0.4) is 0 Å². The normalized spacial score (nSPS) is 21.6. The summed E-state index contributed by atoms with van der Waals surface area (Å²) >= 11 is 2.45. The number of carbonyl (C=O) groups excluding carboxylic acids is 3. The quantitative estimate of drug-likeness (QED) is 0.203. The Morgan fingerprint density at radius 1 is 1.26 bits per heavy atom. The Morgan fingerprint density at radius 3 is 2.56 bits per heavy atom. The summed E-state index contributed by atoms with van der Waals surface area (Å²) in [5, 5.41) is 25.8. The van der Waals surface area contributed by atoms with Crippen molar-refractivity contribution in [1.82, 2.24) is 15.2 Å². The number of fused-ring (bicyclic) bond motifs is 1. The standard InChI is InChI=1S/C25H32N4O7S2.Na.H/c1-25(2,3)36-24(35)28-23-26-16(12-38-23)15(9-8-13-6-4-5-7-13)19(31)27-17-20(32)29-18(22(33)34)14(10-30)11-37-21(17)29;;/h9,12-13,17,21,30H,4-8,10-11H2,1-3H3,(H,27,31)(H,33,34)(H,26,28,35);;/b15-9+;;/t17-,21-;;/m1../s1. The van der Waals surface area contributed by atoms with E-state index >= 15 is 0 Å². The molecule has 1 aromatic rings. The van der Waals surface area contributed by atoms with Gasteiger partial charge in [-0.25, -0.2) is 14.6 Å². The fourth-order valence-corrected chi connectivity index (χ4v) is 6.75. The van der Waals surface area contributed by atoms with Gasteiger partial charge >= 0.3 is 41.6 Å². The number of nitrogens with zero attached hydrogens (tertiary/aromatic N) is 2. The number of nitrogens with one attached hydrogen (secondary N) is 2. The van der Waals surface area contributed by atoms with Crippen LogP contribution >= 0.6 is 23.1 Å². The molecule has 2 aliphatic heterocycles. The Kier molecular flexibility index (Phi) is 10.7. The predicted octanol–water partition coefficient (Wildman–Crippen LogP) is 2.54. The molecule has 2 fully saturated rings. The molecule has 3 amide bonds. The summed E-state index contributed by atoms with van der Waals surface area (Å²) in [6.07, 6.45) is 6.34. The summed E-state index contributed by atoms with van der Waals surface area (Å²) in [5.41, 5.74) is 0.0277. The van der Waals surface area contributed by atoms with Gasteiger partial charge in [0.15, 0.2) is 5.13 Å². The van der Waals surface area contributed by atoms with E-state index in [-0.39, 0.29) is 51.7 Å². The molecule has 0 unspecified atom stereocenters. The molecule has 1 aromatic heterocycles. The van der Waals surface area contributed by atoms with Gasteiger partial charge in [0, 0.05) is 11.1 Å². The number of amides is 3. The fraction of sp³-hybridized carbons (Fsp3) is 0.560. The van der Waals surface area contributed by atoms with Gasteiger partial charge in [-0.2, -0.15) is 0 Å². The van der Waals surface area contributed by atoms with Crippen LogP contribution in [0.1, 0.15) is 58.6 Å². The first-order valence-corrected chi connectivity index (χ1v) is 14.4. The molecule has 39 heavy (non-hydrogen) atoms. The van der Waals surface area contributed by atoms with E-state index in [4.69, 9.17) is 4.74 Å². The monoisotopic (exact) mass is 588 g/mol. The maximum absolute atomic E-state index is 13.5. The molecular formula is C25H33N4NaO7S2. The topological polar surface area (TPSA) is 158 Å². The number of thiazole rings is 1. The minimum absolute atomic E-state index is 0. The van der Waals surface area contributed by atoms with Gasteiger partial charge in [-0.1, -0.05) is 31.8 Å². The zero-order chi connectivity index (χ0) is 27.6. The number of thioether (sulfide) groups is 1. The van der Waals surface area contributed by atoms with E-state index in [2.05, 4.69) is 15.6 Å². The van der Waals surface area contributed by atoms with Gasteiger partial charge in [0.05, 0.1) is 17.9 Å². The molecule has 0 aromatic carbocycles. The molecular weight excluding hydrogens is 555 g/mol. The van der Waals surface area contributed by atoms with Crippen LogP contribution in [-0.4, -0.2) is 103 Å². The van der Waals surface area contributed by atoms with Crippen molar-refractivity contribution in [2.45, 2.75) is 69.9 Å². The SMILES string of the molecule is CC(C)(C)OC(=O)Nc1nc(/C(=C\CC2CCCC2)C(=O)N[C@@H]2C(=O)N3C(C(=O)O)=C(CO)CS[C@H]23)cs1.[NaH]. The predicted molar refractivity (Wildman–Crippen MR) is 150 cm³/mol. The van der Waals surface area contributed by atoms with Gasteiger partial charge in [-0.05, 0) is 38.7 Å². The third-order valence-corrected chi connectivity index (χ3v) is 8.59. The van der Waals surface area contributed by atoms with Crippen LogP contribution in [-0.2, 0) is 19.1 Å². The van der Waals surface area contributed by atoms with Crippen LogP contribution in [0.5, 0.6) is 0 Å². The van der Waals surface area contributed by atoms with E-state index in [0.717, 1.165) is 41.9 Å². The van der Waals surface area contributed by atoms with Gasteiger partial charge in [-0.15, -0.1) is 23.1 Å². The minimum atomic E-state index is -1.29. The van der Waals surface area contributed by atoms with Crippen molar-refractivity contribution in [1.29, 1.82) is 0 Å². The molecule has 3 heterocycles. The number of ether oxygens (including phenoxy) is 1. The number of aromatic nitrogens is 1. The first kappa shape index (κ1) is 31.6. The number of carboxylic acids is 1. The van der Waals surface area contributed by atoms with Crippen molar-refractivity contribution >= 4 is 87.2 Å². The van der Waals surface area contributed by atoms with E-state index in [1.807, 2.05) is 6.08 Å². The van der Waals surface area contributed by atoms with E-state index in [0.29, 0.717) is 23.6 Å². The molecule has 208 valence electrons. The van der Waals surface area contributed by atoms with Gasteiger partial charge < -0.3 is 20.3 Å². The molecule has 1 saturated carbocycles. The number of β-lactam (4-membered cyclic amide) rings is 1. The molecule has 4 rings (SSSR count). The van der Waals surface area contributed by atoms with E-state index < -0.39 is 47.5 Å². The first-order chi connectivity index (χ1) is 18.0. The molecule has 3 aliphatic rings. The number of hydrogen-bond donors (Lipinski definition) is 4. The second-order valence-electron chi connectivity index (χ2n) is 10.4. The number of aliphatic hydroxyl groups is 1. The van der Waals surface area contributed by atoms with E-state index in [9.17, 15) is 29.4 Å². The summed E-state index contributed by atoms with van der Waals surface area (Å²) in [5.74, 6) is -1.62. The molecule has 0 radical (unpaired) electrons. The second-order valence-corrected chi connectivity index (χ2v) is 12.4. The zero-order valence-electron chi connectivity index (χ0n) is 21.5. The Bertz CT molecular complexity index is 1190. The molecule has 11 nitrogen and oxygen atoms in total.